The highest BCUT2D eigenvalue weighted by Gasteiger charge is 2.13. The van der Waals surface area contributed by atoms with E-state index >= 15 is 0 Å². The number of nitrogens with one attached hydrogen (secondary N) is 2. The fourth-order valence-corrected chi connectivity index (χ4v) is 3.35. The van der Waals surface area contributed by atoms with Crippen molar-refractivity contribution in [3.8, 4) is 0 Å². The van der Waals surface area contributed by atoms with Gasteiger partial charge < -0.3 is 20.3 Å². The molecule has 2 aromatic rings. The Kier molecular flexibility index (Phi) is 8.84. The zero-order valence-corrected chi connectivity index (χ0v) is 17.3. The van der Waals surface area contributed by atoms with Crippen molar-refractivity contribution in [3.05, 3.63) is 54.1 Å². The van der Waals surface area contributed by atoms with Crippen molar-refractivity contribution in [1.82, 2.24) is 5.32 Å². The molecule has 7 heteroatoms. The van der Waals surface area contributed by atoms with Crippen LogP contribution in [-0.4, -0.2) is 51.4 Å². The Morgan fingerprint density at radius 2 is 1.93 bits per heavy atom. The summed E-state index contributed by atoms with van der Waals surface area (Å²) < 4.78 is 4.91. The molecule has 0 radical (unpaired) electrons. The normalized spacial score (nSPS) is 10.4. The van der Waals surface area contributed by atoms with Crippen LogP contribution >= 0.6 is 11.8 Å². The van der Waals surface area contributed by atoms with E-state index in [1.165, 1.54) is 11.8 Å². The number of nitrogens with zero attached hydrogens (tertiary/aromatic N) is 1. The lowest BCUT2D eigenvalue weighted by molar-refractivity contribution is -0.118. The van der Waals surface area contributed by atoms with Gasteiger partial charge in [0.15, 0.2) is 0 Å². The number of methoxy groups -OCH3 is 1. The number of rotatable bonds is 10. The van der Waals surface area contributed by atoms with Gasteiger partial charge in [-0.3, -0.25) is 9.59 Å². The van der Waals surface area contributed by atoms with Crippen molar-refractivity contribution in [1.29, 1.82) is 0 Å². The van der Waals surface area contributed by atoms with Gasteiger partial charge in [-0.1, -0.05) is 18.2 Å². The summed E-state index contributed by atoms with van der Waals surface area (Å²) in [4.78, 5) is 27.6. The van der Waals surface area contributed by atoms with Crippen LogP contribution in [0.5, 0.6) is 0 Å². The first-order valence-corrected chi connectivity index (χ1v) is 10.1. The lowest BCUT2D eigenvalue weighted by Crippen LogP contribution is -2.28. The molecule has 2 aromatic carbocycles. The first-order valence-electron chi connectivity index (χ1n) is 9.15. The summed E-state index contributed by atoms with van der Waals surface area (Å²) in [5.41, 5.74) is 2.32. The highest BCUT2D eigenvalue weighted by Crippen LogP contribution is 2.24. The van der Waals surface area contributed by atoms with Crippen molar-refractivity contribution in [3.63, 3.8) is 0 Å². The summed E-state index contributed by atoms with van der Waals surface area (Å²) in [6.45, 7) is 3.90. The third-order valence-electron chi connectivity index (χ3n) is 4.14. The van der Waals surface area contributed by atoms with Crippen LogP contribution in [0, 0.1) is 0 Å². The van der Waals surface area contributed by atoms with Gasteiger partial charge in [-0.05, 0) is 37.3 Å². The van der Waals surface area contributed by atoms with Crippen LogP contribution in [0.1, 0.15) is 17.3 Å². The lowest BCUT2D eigenvalue weighted by Gasteiger charge is -2.18. The lowest BCUT2D eigenvalue weighted by atomic mass is 10.2. The Morgan fingerprint density at radius 3 is 2.68 bits per heavy atom. The van der Waals surface area contributed by atoms with E-state index in [1.807, 2.05) is 49.5 Å². The van der Waals surface area contributed by atoms with Gasteiger partial charge in [0.2, 0.25) is 5.91 Å². The number of amides is 2. The van der Waals surface area contributed by atoms with E-state index < -0.39 is 0 Å². The van der Waals surface area contributed by atoms with Gasteiger partial charge >= 0.3 is 0 Å². The SMILES string of the molecule is CCN(C)c1cccc(NC(=O)c2ccccc2SCC(=O)NCCOC)c1. The quantitative estimate of drug-likeness (QED) is 0.472. The van der Waals surface area contributed by atoms with Gasteiger partial charge in [-0.15, -0.1) is 11.8 Å². The van der Waals surface area contributed by atoms with Crippen LogP contribution in [-0.2, 0) is 9.53 Å². The predicted molar refractivity (Wildman–Crippen MR) is 115 cm³/mol. The van der Waals surface area contributed by atoms with Crippen molar-refractivity contribution >= 4 is 35.0 Å². The standard InChI is InChI=1S/C21H27N3O3S/c1-4-24(2)17-9-7-8-16(14-17)23-21(26)18-10-5-6-11-19(18)28-15-20(25)22-12-13-27-3/h5-11,14H,4,12-13,15H2,1-3H3,(H,22,25)(H,23,26). The number of benzene rings is 2. The third kappa shape index (κ3) is 6.58. The van der Waals surface area contributed by atoms with E-state index in [2.05, 4.69) is 22.5 Å². The summed E-state index contributed by atoms with van der Waals surface area (Å²) in [6, 6.07) is 15.0. The van der Waals surface area contributed by atoms with Crippen LogP contribution in [0.4, 0.5) is 11.4 Å². The summed E-state index contributed by atoms with van der Waals surface area (Å²) in [7, 11) is 3.59. The fraction of sp³-hybridized carbons (Fsp3) is 0.333. The maximum atomic E-state index is 12.8. The van der Waals surface area contributed by atoms with Crippen LogP contribution in [0.15, 0.2) is 53.4 Å². The summed E-state index contributed by atoms with van der Waals surface area (Å²) in [6.07, 6.45) is 0. The smallest absolute Gasteiger partial charge is 0.256 e. The molecule has 0 aliphatic rings. The molecular formula is C21H27N3O3S. The molecule has 0 aromatic heterocycles. The molecule has 0 unspecified atom stereocenters. The van der Waals surface area contributed by atoms with E-state index in [0.717, 1.165) is 22.8 Å². The Hall–Kier alpha value is -2.51. The Labute approximate surface area is 170 Å². The molecular weight excluding hydrogens is 374 g/mol. The number of thioether (sulfide) groups is 1. The average molecular weight is 402 g/mol. The minimum atomic E-state index is -0.195. The number of carbonyl (C=O) groups excluding carboxylic acids is 2. The topological polar surface area (TPSA) is 70.7 Å². The van der Waals surface area contributed by atoms with Gasteiger partial charge in [-0.2, -0.15) is 0 Å². The first kappa shape index (κ1) is 21.8. The molecule has 0 fully saturated rings. The maximum absolute atomic E-state index is 12.8. The second-order valence-corrected chi connectivity index (χ2v) is 7.16. The Balaban J connectivity index is 2.03. The molecule has 6 nitrogen and oxygen atoms in total. The molecule has 0 spiro atoms. The largest absolute Gasteiger partial charge is 0.383 e. The molecule has 0 aliphatic heterocycles. The van der Waals surface area contributed by atoms with Gasteiger partial charge in [0, 0.05) is 43.5 Å². The summed E-state index contributed by atoms with van der Waals surface area (Å²) in [5.74, 6) is -0.0445. The summed E-state index contributed by atoms with van der Waals surface area (Å²) in [5, 5.41) is 5.73. The second-order valence-electron chi connectivity index (χ2n) is 6.15. The number of anilines is 2. The maximum Gasteiger partial charge on any atom is 0.256 e. The molecule has 0 atom stereocenters. The van der Waals surface area contributed by atoms with Crippen LogP contribution in [0.3, 0.4) is 0 Å². The second kappa shape index (κ2) is 11.4. The number of carbonyl (C=O) groups is 2. The Morgan fingerprint density at radius 1 is 1.14 bits per heavy atom. The highest BCUT2D eigenvalue weighted by atomic mass is 32.2. The first-order chi connectivity index (χ1) is 13.5. The zero-order chi connectivity index (χ0) is 20.4. The number of hydrogen-bond acceptors (Lipinski definition) is 5. The van der Waals surface area contributed by atoms with E-state index in [1.54, 1.807) is 13.2 Å². The third-order valence-corrected chi connectivity index (χ3v) is 5.21. The minimum Gasteiger partial charge on any atom is -0.383 e. The van der Waals surface area contributed by atoms with E-state index in [9.17, 15) is 9.59 Å². The van der Waals surface area contributed by atoms with Gasteiger partial charge in [0.1, 0.15) is 0 Å². The molecule has 2 amide bonds. The van der Waals surface area contributed by atoms with E-state index in [-0.39, 0.29) is 17.6 Å². The fourth-order valence-electron chi connectivity index (χ4n) is 2.47. The molecule has 0 aliphatic carbocycles. The molecule has 150 valence electrons. The molecule has 0 heterocycles. The molecule has 0 bridgehead atoms. The van der Waals surface area contributed by atoms with E-state index in [0.29, 0.717) is 18.7 Å². The molecule has 0 saturated heterocycles. The summed E-state index contributed by atoms with van der Waals surface area (Å²) >= 11 is 1.34. The van der Waals surface area contributed by atoms with E-state index in [4.69, 9.17) is 4.74 Å². The van der Waals surface area contributed by atoms with Crippen molar-refractivity contribution in [2.75, 3.05) is 49.8 Å². The Bertz CT molecular complexity index is 798. The molecule has 2 N–H and O–H groups in total. The monoisotopic (exact) mass is 401 g/mol. The molecule has 0 saturated carbocycles. The van der Waals surface area contributed by atoms with Crippen LogP contribution in [0.25, 0.3) is 0 Å². The number of ether oxygens (including phenoxy) is 1. The minimum absolute atomic E-state index is 0.0902. The average Bonchev–Trinajstić information content (AvgIpc) is 2.72. The van der Waals surface area contributed by atoms with Crippen molar-refractivity contribution in [2.24, 2.45) is 0 Å². The predicted octanol–water partition coefficient (Wildman–Crippen LogP) is 3.25. The molecule has 28 heavy (non-hydrogen) atoms. The van der Waals surface area contributed by atoms with Gasteiger partial charge in [-0.25, -0.2) is 0 Å². The van der Waals surface area contributed by atoms with Crippen molar-refractivity contribution in [2.45, 2.75) is 11.8 Å². The highest BCUT2D eigenvalue weighted by molar-refractivity contribution is 8.00. The van der Waals surface area contributed by atoms with Gasteiger partial charge in [0.25, 0.3) is 5.91 Å². The molecule has 2 rings (SSSR count). The van der Waals surface area contributed by atoms with Crippen molar-refractivity contribution < 1.29 is 14.3 Å². The number of hydrogen-bond donors (Lipinski definition) is 2. The van der Waals surface area contributed by atoms with Gasteiger partial charge in [0.05, 0.1) is 17.9 Å². The zero-order valence-electron chi connectivity index (χ0n) is 16.5. The van der Waals surface area contributed by atoms with Crippen LogP contribution < -0.4 is 15.5 Å². The van der Waals surface area contributed by atoms with Crippen LogP contribution in [0.2, 0.25) is 0 Å².